The maximum Gasteiger partial charge on any atom is 0.321 e. The molecule has 1 fully saturated rings. The Morgan fingerprint density at radius 2 is 2.11 bits per heavy atom. The van der Waals surface area contributed by atoms with Crippen LogP contribution in [0.15, 0.2) is 0 Å². The minimum Gasteiger partial charge on any atom is -0.338 e. The van der Waals surface area contributed by atoms with Crippen LogP contribution in [0.2, 0.25) is 0 Å². The van der Waals surface area contributed by atoms with Crippen molar-refractivity contribution in [3.8, 4) is 0 Å². The summed E-state index contributed by atoms with van der Waals surface area (Å²) in [5.74, 6) is 0.0665. The molecule has 1 unspecified atom stereocenters. The summed E-state index contributed by atoms with van der Waals surface area (Å²) < 4.78 is 0. The van der Waals surface area contributed by atoms with Gasteiger partial charge in [0.2, 0.25) is 5.91 Å². The van der Waals surface area contributed by atoms with Gasteiger partial charge >= 0.3 is 6.03 Å². The molecule has 1 aliphatic rings. The molecule has 0 spiro atoms. The Kier molecular flexibility index (Phi) is 5.55. The smallest absolute Gasteiger partial charge is 0.321 e. The highest BCUT2D eigenvalue weighted by molar-refractivity contribution is 5.95. The third-order valence-electron chi connectivity index (χ3n) is 2.97. The maximum absolute atomic E-state index is 11.5. The number of hydrogen-bond acceptors (Lipinski definition) is 4. The molecule has 1 aliphatic heterocycles. The lowest BCUT2D eigenvalue weighted by Crippen LogP contribution is -2.50. The molecule has 1 rings (SSSR count). The Hall–Kier alpha value is -1.14. The van der Waals surface area contributed by atoms with Gasteiger partial charge in [0.05, 0.1) is 6.54 Å². The van der Waals surface area contributed by atoms with E-state index in [9.17, 15) is 9.59 Å². The van der Waals surface area contributed by atoms with E-state index in [-0.39, 0.29) is 18.0 Å². The zero-order valence-corrected chi connectivity index (χ0v) is 11.4. The van der Waals surface area contributed by atoms with Crippen LogP contribution in [0.4, 0.5) is 4.79 Å². The summed E-state index contributed by atoms with van der Waals surface area (Å²) in [5, 5.41) is 11.4. The maximum atomic E-state index is 11.5. The lowest BCUT2D eigenvalue weighted by atomic mass is 10.0. The quantitative estimate of drug-likeness (QED) is 0.549. The van der Waals surface area contributed by atoms with E-state index in [1.54, 1.807) is 0 Å². The molecule has 0 aromatic rings. The Morgan fingerprint density at radius 3 is 2.67 bits per heavy atom. The topological polar surface area (TPSA) is 82.3 Å². The summed E-state index contributed by atoms with van der Waals surface area (Å²) in [6.45, 7) is 8.59. The number of urea groups is 1. The lowest BCUT2D eigenvalue weighted by Gasteiger charge is -2.24. The van der Waals surface area contributed by atoms with Crippen molar-refractivity contribution < 1.29 is 9.59 Å². The highest BCUT2D eigenvalue weighted by atomic mass is 16.2. The average Bonchev–Trinajstić information content (AvgIpc) is 2.72. The first-order chi connectivity index (χ1) is 8.41. The first-order valence-electron chi connectivity index (χ1n) is 6.45. The summed E-state index contributed by atoms with van der Waals surface area (Å²) in [4.78, 5) is 22.9. The van der Waals surface area contributed by atoms with Gasteiger partial charge in [0.1, 0.15) is 0 Å². The molecule has 0 saturated carbocycles. The van der Waals surface area contributed by atoms with Gasteiger partial charge in [-0.15, -0.1) is 0 Å². The highest BCUT2D eigenvalue weighted by Gasteiger charge is 2.28. The molecule has 3 amide bonds. The molecule has 0 bridgehead atoms. The third-order valence-corrected chi connectivity index (χ3v) is 2.97. The van der Waals surface area contributed by atoms with Gasteiger partial charge in [-0.25, -0.2) is 4.79 Å². The fourth-order valence-corrected chi connectivity index (χ4v) is 1.77. The molecule has 104 valence electrons. The zero-order chi connectivity index (χ0) is 13.6. The van der Waals surface area contributed by atoms with Crippen LogP contribution >= 0.6 is 0 Å². The number of nitrogens with one attached hydrogen (secondary N) is 4. The molecule has 6 heteroatoms. The largest absolute Gasteiger partial charge is 0.338 e. The standard InChI is InChI=1S/C12H24N4O2/c1-9(2)6-14-11(18)16-10(17)7-15-12(3)4-5-13-8-12/h9,13,15H,4-8H2,1-3H3,(H2,14,16,17,18). The van der Waals surface area contributed by atoms with Crippen molar-refractivity contribution in [2.75, 3.05) is 26.2 Å². The molecule has 1 heterocycles. The summed E-state index contributed by atoms with van der Waals surface area (Å²) in [6.07, 6.45) is 0.986. The fourth-order valence-electron chi connectivity index (χ4n) is 1.77. The lowest BCUT2D eigenvalue weighted by molar-refractivity contribution is -0.119. The molecule has 0 aliphatic carbocycles. The van der Waals surface area contributed by atoms with E-state index in [1.165, 1.54) is 0 Å². The second kappa shape index (κ2) is 6.70. The van der Waals surface area contributed by atoms with Crippen LogP contribution in [0, 0.1) is 5.92 Å². The number of hydrogen-bond donors (Lipinski definition) is 4. The fraction of sp³-hybridized carbons (Fsp3) is 0.833. The number of imide groups is 1. The Labute approximate surface area is 108 Å². The molecular weight excluding hydrogens is 232 g/mol. The SMILES string of the molecule is CC(C)CNC(=O)NC(=O)CNC1(C)CCNC1. The second-order valence-corrected chi connectivity index (χ2v) is 5.49. The molecule has 4 N–H and O–H groups in total. The van der Waals surface area contributed by atoms with Gasteiger partial charge < -0.3 is 16.0 Å². The Morgan fingerprint density at radius 1 is 1.39 bits per heavy atom. The number of rotatable bonds is 5. The van der Waals surface area contributed by atoms with Crippen molar-refractivity contribution in [1.29, 1.82) is 0 Å². The van der Waals surface area contributed by atoms with Crippen LogP contribution in [0.1, 0.15) is 27.2 Å². The molecule has 0 aromatic heterocycles. The molecule has 0 radical (unpaired) electrons. The van der Waals surface area contributed by atoms with Gasteiger partial charge in [-0.1, -0.05) is 13.8 Å². The highest BCUT2D eigenvalue weighted by Crippen LogP contribution is 2.12. The van der Waals surface area contributed by atoms with Crippen LogP contribution in [-0.4, -0.2) is 43.7 Å². The molecule has 6 nitrogen and oxygen atoms in total. The van der Waals surface area contributed by atoms with Crippen molar-refractivity contribution in [2.45, 2.75) is 32.7 Å². The van der Waals surface area contributed by atoms with Gasteiger partial charge in [0, 0.05) is 18.6 Å². The Balaban J connectivity index is 2.18. The van der Waals surface area contributed by atoms with Gasteiger partial charge in [0.25, 0.3) is 0 Å². The van der Waals surface area contributed by atoms with Crippen molar-refractivity contribution in [3.63, 3.8) is 0 Å². The predicted molar refractivity (Wildman–Crippen MR) is 70.3 cm³/mol. The predicted octanol–water partition coefficient (Wildman–Crippen LogP) is -0.190. The van der Waals surface area contributed by atoms with E-state index >= 15 is 0 Å². The van der Waals surface area contributed by atoms with E-state index < -0.39 is 6.03 Å². The van der Waals surface area contributed by atoms with Gasteiger partial charge in [0.15, 0.2) is 0 Å². The van der Waals surface area contributed by atoms with Crippen molar-refractivity contribution in [1.82, 2.24) is 21.3 Å². The van der Waals surface area contributed by atoms with Crippen molar-refractivity contribution in [2.24, 2.45) is 5.92 Å². The van der Waals surface area contributed by atoms with Crippen LogP contribution in [0.25, 0.3) is 0 Å². The minimum atomic E-state index is -0.426. The van der Waals surface area contributed by atoms with E-state index in [0.717, 1.165) is 19.5 Å². The molecule has 1 atom stereocenters. The minimum absolute atomic E-state index is 0.0499. The van der Waals surface area contributed by atoms with Crippen LogP contribution in [0.5, 0.6) is 0 Å². The number of carbonyl (C=O) groups excluding carboxylic acids is 2. The Bertz CT molecular complexity index is 298. The summed E-state index contributed by atoms with van der Waals surface area (Å²) >= 11 is 0. The van der Waals surface area contributed by atoms with Crippen LogP contribution < -0.4 is 21.3 Å². The van der Waals surface area contributed by atoms with E-state index in [2.05, 4.69) is 28.2 Å². The molecule has 18 heavy (non-hydrogen) atoms. The normalized spacial score (nSPS) is 23.1. The van der Waals surface area contributed by atoms with E-state index in [0.29, 0.717) is 12.5 Å². The van der Waals surface area contributed by atoms with E-state index in [4.69, 9.17) is 0 Å². The zero-order valence-electron chi connectivity index (χ0n) is 11.4. The van der Waals surface area contributed by atoms with Gasteiger partial charge in [-0.2, -0.15) is 0 Å². The van der Waals surface area contributed by atoms with Crippen molar-refractivity contribution in [3.05, 3.63) is 0 Å². The summed E-state index contributed by atoms with van der Waals surface area (Å²) in [7, 11) is 0. The number of carbonyl (C=O) groups is 2. The van der Waals surface area contributed by atoms with Crippen LogP contribution in [-0.2, 0) is 4.79 Å². The molecular formula is C12H24N4O2. The van der Waals surface area contributed by atoms with Crippen LogP contribution in [0.3, 0.4) is 0 Å². The third kappa shape index (κ3) is 5.46. The first kappa shape index (κ1) is 14.9. The molecule has 0 aromatic carbocycles. The van der Waals surface area contributed by atoms with E-state index in [1.807, 2.05) is 13.8 Å². The van der Waals surface area contributed by atoms with Crippen molar-refractivity contribution >= 4 is 11.9 Å². The average molecular weight is 256 g/mol. The molecule has 1 saturated heterocycles. The monoisotopic (exact) mass is 256 g/mol. The summed E-state index contributed by atoms with van der Waals surface area (Å²) in [5.41, 5.74) is -0.0499. The van der Waals surface area contributed by atoms with Gasteiger partial charge in [-0.05, 0) is 25.8 Å². The first-order valence-corrected chi connectivity index (χ1v) is 6.45. The number of amides is 3. The second-order valence-electron chi connectivity index (χ2n) is 5.49. The summed E-state index contributed by atoms with van der Waals surface area (Å²) in [6, 6.07) is -0.426. The van der Waals surface area contributed by atoms with Gasteiger partial charge in [-0.3, -0.25) is 10.1 Å².